The lowest BCUT2D eigenvalue weighted by Crippen LogP contribution is -2.39. The minimum Gasteiger partial charge on any atom is -0.366 e. The number of aliphatic imine (C=N–C) groups is 1. The highest BCUT2D eigenvalue weighted by Gasteiger charge is 2.30. The van der Waals surface area contributed by atoms with Crippen LogP contribution in [0.2, 0.25) is 0 Å². The number of anilines is 1. The lowest BCUT2D eigenvalue weighted by molar-refractivity contribution is -0.137. The Morgan fingerprint density at radius 2 is 2.16 bits per heavy atom. The number of carbonyl (C=O) groups excluding carboxylic acids is 1. The van der Waals surface area contributed by atoms with Crippen molar-refractivity contribution >= 4 is 17.4 Å². The average molecular weight is 271 g/mol. The molecule has 1 aliphatic heterocycles. The molecule has 19 heavy (non-hydrogen) atoms. The third-order valence-corrected chi connectivity index (χ3v) is 2.56. The van der Waals surface area contributed by atoms with Crippen molar-refractivity contribution in [3.8, 4) is 0 Å². The average Bonchev–Trinajstić information content (AvgIpc) is 2.39. The Balaban J connectivity index is 2.11. The van der Waals surface area contributed by atoms with Gasteiger partial charge in [-0.15, -0.1) is 0 Å². The molecule has 1 heterocycles. The molecule has 0 aromatic heterocycles. The quantitative estimate of drug-likeness (QED) is 0.864. The number of amides is 1. The highest BCUT2D eigenvalue weighted by molar-refractivity contribution is 6.42. The number of nitrogens with one attached hydrogen (secondary N) is 2. The Morgan fingerprint density at radius 3 is 2.79 bits per heavy atom. The van der Waals surface area contributed by atoms with E-state index < -0.39 is 17.6 Å². The summed E-state index contributed by atoms with van der Waals surface area (Å²) in [6.45, 7) is 1.17. The van der Waals surface area contributed by atoms with Crippen LogP contribution < -0.4 is 10.6 Å². The smallest absolute Gasteiger partial charge is 0.366 e. The molecule has 2 N–H and O–H groups in total. The van der Waals surface area contributed by atoms with E-state index in [0.717, 1.165) is 18.6 Å². The van der Waals surface area contributed by atoms with E-state index in [1.807, 2.05) is 0 Å². The van der Waals surface area contributed by atoms with Gasteiger partial charge in [-0.3, -0.25) is 9.79 Å². The van der Waals surface area contributed by atoms with Crippen molar-refractivity contribution in [2.75, 3.05) is 18.4 Å². The molecule has 0 radical (unpaired) electrons. The van der Waals surface area contributed by atoms with Crippen molar-refractivity contribution in [1.82, 2.24) is 5.32 Å². The van der Waals surface area contributed by atoms with E-state index in [9.17, 15) is 18.0 Å². The standard InChI is InChI=1S/C12H12F3N3O/c13-12(14,15)8-3-1-4-9(7-8)18-11(19)10-16-5-2-6-17-10/h1,3-4,7H,2,5-6H2,(H,16,17)(H,18,19). The molecule has 0 bridgehead atoms. The maximum atomic E-state index is 12.5. The van der Waals surface area contributed by atoms with Gasteiger partial charge in [-0.2, -0.15) is 13.2 Å². The summed E-state index contributed by atoms with van der Waals surface area (Å²) in [5, 5.41) is 5.19. The van der Waals surface area contributed by atoms with Crippen LogP contribution in [0.5, 0.6) is 0 Å². The Kier molecular flexibility index (Phi) is 3.73. The van der Waals surface area contributed by atoms with Crippen molar-refractivity contribution in [3.63, 3.8) is 0 Å². The normalized spacial score (nSPS) is 15.4. The number of benzene rings is 1. The second kappa shape index (κ2) is 5.29. The maximum absolute atomic E-state index is 12.5. The molecule has 0 aliphatic carbocycles. The van der Waals surface area contributed by atoms with E-state index in [2.05, 4.69) is 15.6 Å². The summed E-state index contributed by atoms with van der Waals surface area (Å²) in [6, 6.07) is 4.48. The number of hydrogen-bond donors (Lipinski definition) is 2. The van der Waals surface area contributed by atoms with Crippen molar-refractivity contribution < 1.29 is 18.0 Å². The summed E-state index contributed by atoms with van der Waals surface area (Å²) in [5.41, 5.74) is -0.709. The lowest BCUT2D eigenvalue weighted by atomic mass is 10.2. The first-order chi connectivity index (χ1) is 8.97. The van der Waals surface area contributed by atoms with Gasteiger partial charge in [0.05, 0.1) is 5.56 Å². The van der Waals surface area contributed by atoms with E-state index in [0.29, 0.717) is 13.1 Å². The lowest BCUT2D eigenvalue weighted by Gasteiger charge is -2.14. The van der Waals surface area contributed by atoms with E-state index in [4.69, 9.17) is 0 Å². The summed E-state index contributed by atoms with van der Waals surface area (Å²) in [5.74, 6) is -0.373. The number of carbonyl (C=O) groups is 1. The van der Waals surface area contributed by atoms with Gasteiger partial charge in [0, 0.05) is 18.8 Å². The molecule has 102 valence electrons. The number of rotatable bonds is 2. The molecular formula is C12H12F3N3O. The Bertz CT molecular complexity index is 511. The van der Waals surface area contributed by atoms with Gasteiger partial charge in [0.2, 0.25) is 0 Å². The summed E-state index contributed by atoms with van der Waals surface area (Å²) in [7, 11) is 0. The minimum atomic E-state index is -4.43. The molecule has 1 aromatic carbocycles. The fourth-order valence-corrected chi connectivity index (χ4v) is 1.65. The van der Waals surface area contributed by atoms with Crippen LogP contribution in [0.15, 0.2) is 29.3 Å². The van der Waals surface area contributed by atoms with Crippen molar-refractivity contribution in [2.45, 2.75) is 12.6 Å². The fourth-order valence-electron chi connectivity index (χ4n) is 1.65. The number of nitrogens with zero attached hydrogens (tertiary/aromatic N) is 1. The zero-order valence-corrected chi connectivity index (χ0v) is 9.92. The van der Waals surface area contributed by atoms with Gasteiger partial charge in [0.25, 0.3) is 5.91 Å². The number of amidine groups is 1. The largest absolute Gasteiger partial charge is 0.416 e. The van der Waals surface area contributed by atoms with Gasteiger partial charge < -0.3 is 10.6 Å². The number of alkyl halides is 3. The molecule has 1 amide bonds. The number of halogens is 3. The van der Waals surface area contributed by atoms with Gasteiger partial charge in [0.1, 0.15) is 0 Å². The summed E-state index contributed by atoms with van der Waals surface area (Å²) < 4.78 is 37.5. The van der Waals surface area contributed by atoms with Gasteiger partial charge in [-0.05, 0) is 24.6 Å². The number of hydrogen-bond acceptors (Lipinski definition) is 3. The fraction of sp³-hybridized carbons (Fsp3) is 0.333. The topological polar surface area (TPSA) is 53.5 Å². The maximum Gasteiger partial charge on any atom is 0.416 e. The summed E-state index contributed by atoms with van der Waals surface area (Å²) in [6.07, 6.45) is -3.60. The van der Waals surface area contributed by atoms with E-state index in [1.54, 1.807) is 0 Å². The van der Waals surface area contributed by atoms with Gasteiger partial charge in [-0.25, -0.2) is 0 Å². The zero-order valence-electron chi connectivity index (χ0n) is 9.92. The van der Waals surface area contributed by atoms with Crippen LogP contribution >= 0.6 is 0 Å². The molecule has 7 heteroatoms. The Morgan fingerprint density at radius 1 is 1.37 bits per heavy atom. The molecule has 0 unspecified atom stereocenters. The van der Waals surface area contributed by atoms with Gasteiger partial charge >= 0.3 is 6.18 Å². The summed E-state index contributed by atoms with van der Waals surface area (Å²) in [4.78, 5) is 15.7. The third-order valence-electron chi connectivity index (χ3n) is 2.56. The molecule has 2 rings (SSSR count). The van der Waals surface area contributed by atoms with Crippen molar-refractivity contribution in [2.24, 2.45) is 4.99 Å². The predicted molar refractivity (Wildman–Crippen MR) is 65.0 cm³/mol. The molecule has 1 aromatic rings. The van der Waals surface area contributed by atoms with Crippen LogP contribution in [0.25, 0.3) is 0 Å². The highest BCUT2D eigenvalue weighted by atomic mass is 19.4. The van der Waals surface area contributed by atoms with Crippen LogP contribution in [-0.2, 0) is 11.0 Å². The van der Waals surface area contributed by atoms with Crippen molar-refractivity contribution in [3.05, 3.63) is 29.8 Å². The molecule has 0 spiro atoms. The predicted octanol–water partition coefficient (Wildman–Crippen LogP) is 2.04. The zero-order chi connectivity index (χ0) is 13.9. The third kappa shape index (κ3) is 3.46. The first-order valence-electron chi connectivity index (χ1n) is 5.74. The highest BCUT2D eigenvalue weighted by Crippen LogP contribution is 2.30. The van der Waals surface area contributed by atoms with E-state index >= 15 is 0 Å². The SMILES string of the molecule is O=C(Nc1cccc(C(F)(F)F)c1)C1=NCCCN1. The first kappa shape index (κ1) is 13.4. The van der Waals surface area contributed by atoms with E-state index in [1.165, 1.54) is 12.1 Å². The Labute approximate surface area is 107 Å². The van der Waals surface area contributed by atoms with Crippen LogP contribution in [0.3, 0.4) is 0 Å². The van der Waals surface area contributed by atoms with Crippen LogP contribution in [0, 0.1) is 0 Å². The molecule has 4 nitrogen and oxygen atoms in total. The monoisotopic (exact) mass is 271 g/mol. The molecule has 0 fully saturated rings. The molecule has 0 saturated heterocycles. The molecule has 0 atom stereocenters. The Hall–Kier alpha value is -2.05. The second-order valence-corrected chi connectivity index (χ2v) is 4.04. The van der Waals surface area contributed by atoms with Crippen molar-refractivity contribution in [1.29, 1.82) is 0 Å². The molecular weight excluding hydrogens is 259 g/mol. The van der Waals surface area contributed by atoms with Crippen LogP contribution in [0.1, 0.15) is 12.0 Å². The van der Waals surface area contributed by atoms with Crippen LogP contribution in [0.4, 0.5) is 18.9 Å². The summed E-state index contributed by atoms with van der Waals surface area (Å²) >= 11 is 0. The second-order valence-electron chi connectivity index (χ2n) is 4.04. The minimum absolute atomic E-state index is 0.0925. The van der Waals surface area contributed by atoms with Gasteiger partial charge in [-0.1, -0.05) is 6.07 Å². The molecule has 1 aliphatic rings. The van der Waals surface area contributed by atoms with Gasteiger partial charge in [0.15, 0.2) is 5.84 Å². The molecule has 0 saturated carbocycles. The van der Waals surface area contributed by atoms with E-state index in [-0.39, 0.29) is 11.5 Å². The van der Waals surface area contributed by atoms with Crippen LogP contribution in [-0.4, -0.2) is 24.8 Å². The first-order valence-corrected chi connectivity index (χ1v) is 5.74.